The summed E-state index contributed by atoms with van der Waals surface area (Å²) in [5.74, 6) is 1.82. The lowest BCUT2D eigenvalue weighted by atomic mass is 10.2. The number of rotatable bonds is 5. The average Bonchev–Trinajstić information content (AvgIpc) is 2.47. The van der Waals surface area contributed by atoms with Crippen molar-refractivity contribution in [1.29, 1.82) is 0 Å². The Morgan fingerprint density at radius 2 is 1.95 bits per heavy atom. The van der Waals surface area contributed by atoms with Crippen molar-refractivity contribution in [3.63, 3.8) is 0 Å². The molecule has 1 heterocycles. The fourth-order valence-electron chi connectivity index (χ4n) is 1.61. The van der Waals surface area contributed by atoms with Gasteiger partial charge in [0.15, 0.2) is 11.5 Å². The molecule has 106 valence electrons. The summed E-state index contributed by atoms with van der Waals surface area (Å²) < 4.78 is 12.2. The van der Waals surface area contributed by atoms with Crippen LogP contribution in [-0.4, -0.2) is 11.6 Å². The van der Waals surface area contributed by atoms with Crippen molar-refractivity contribution in [2.75, 3.05) is 12.3 Å². The van der Waals surface area contributed by atoms with E-state index in [1.165, 1.54) is 0 Å². The average molecular weight is 337 g/mol. The molecule has 1 aromatic carbocycles. The maximum atomic E-state index is 5.83. The number of nitrogens with zero attached hydrogens (tertiary/aromatic N) is 1. The summed E-state index contributed by atoms with van der Waals surface area (Å²) in [6.07, 6.45) is 2.53. The molecule has 0 atom stereocenters. The number of aromatic nitrogens is 1. The Balaban J connectivity index is 2.28. The Kier molecular flexibility index (Phi) is 4.84. The van der Waals surface area contributed by atoms with Crippen LogP contribution in [0.5, 0.6) is 17.4 Å². The largest absolute Gasteiger partial charge is 0.490 e. The van der Waals surface area contributed by atoms with E-state index >= 15 is 0 Å². The van der Waals surface area contributed by atoms with E-state index in [-0.39, 0.29) is 0 Å². The molecule has 0 amide bonds. The van der Waals surface area contributed by atoms with Gasteiger partial charge in [-0.25, -0.2) is 4.98 Å². The Morgan fingerprint density at radius 3 is 2.65 bits per heavy atom. The zero-order chi connectivity index (χ0) is 14.5. The van der Waals surface area contributed by atoms with Gasteiger partial charge in [0.1, 0.15) is 0 Å². The maximum absolute atomic E-state index is 5.83. The van der Waals surface area contributed by atoms with E-state index in [9.17, 15) is 0 Å². The summed E-state index contributed by atoms with van der Waals surface area (Å²) >= 11 is 3.46. The summed E-state index contributed by atoms with van der Waals surface area (Å²) in [5.41, 5.74) is 7.34. The number of pyridine rings is 1. The number of nitrogens with two attached hydrogens (primary N) is 1. The molecule has 2 aromatic rings. The van der Waals surface area contributed by atoms with Gasteiger partial charge in [-0.2, -0.15) is 0 Å². The minimum Gasteiger partial charge on any atom is -0.490 e. The van der Waals surface area contributed by atoms with Gasteiger partial charge in [-0.1, -0.05) is 19.1 Å². The monoisotopic (exact) mass is 336 g/mol. The fraction of sp³-hybridized carbons (Fsp3) is 0.267. The van der Waals surface area contributed by atoms with Gasteiger partial charge in [-0.3, -0.25) is 0 Å². The van der Waals surface area contributed by atoms with Crippen LogP contribution in [0, 0.1) is 6.92 Å². The molecule has 0 aliphatic rings. The molecule has 0 radical (unpaired) electrons. The lowest BCUT2D eigenvalue weighted by Crippen LogP contribution is -1.99. The Labute approximate surface area is 127 Å². The van der Waals surface area contributed by atoms with Crippen LogP contribution < -0.4 is 15.2 Å². The highest BCUT2D eigenvalue weighted by Gasteiger charge is 2.12. The molecule has 0 bridgehead atoms. The first-order valence-electron chi connectivity index (χ1n) is 6.43. The minimum absolute atomic E-state index is 0.476. The number of hydrogen-bond donors (Lipinski definition) is 1. The van der Waals surface area contributed by atoms with Crippen LogP contribution >= 0.6 is 15.9 Å². The third-order valence-electron chi connectivity index (χ3n) is 2.79. The predicted octanol–water partition coefficient (Wildman–Crippen LogP) is 4.32. The van der Waals surface area contributed by atoms with Crippen molar-refractivity contribution >= 4 is 21.6 Å². The lowest BCUT2D eigenvalue weighted by molar-refractivity contribution is 0.300. The third kappa shape index (κ3) is 3.22. The number of benzene rings is 1. The Bertz CT molecular complexity index is 602. The number of para-hydroxylation sites is 2. The molecule has 1 aromatic heterocycles. The Morgan fingerprint density at radius 1 is 1.25 bits per heavy atom. The molecule has 2 N–H and O–H groups in total. The van der Waals surface area contributed by atoms with Crippen LogP contribution in [0.3, 0.4) is 0 Å². The van der Waals surface area contributed by atoms with E-state index in [1.807, 2.05) is 31.2 Å². The van der Waals surface area contributed by atoms with Gasteiger partial charge in [0.25, 0.3) is 0 Å². The molecule has 20 heavy (non-hydrogen) atoms. The highest BCUT2D eigenvalue weighted by molar-refractivity contribution is 9.10. The van der Waals surface area contributed by atoms with E-state index in [0.717, 1.165) is 16.5 Å². The van der Waals surface area contributed by atoms with Crippen LogP contribution in [0.15, 0.2) is 34.9 Å². The van der Waals surface area contributed by atoms with Crippen molar-refractivity contribution in [1.82, 2.24) is 4.98 Å². The molecule has 2 rings (SSSR count). The van der Waals surface area contributed by atoms with Crippen molar-refractivity contribution in [2.24, 2.45) is 0 Å². The zero-order valence-corrected chi connectivity index (χ0v) is 13.1. The summed E-state index contributed by atoms with van der Waals surface area (Å²) in [5, 5.41) is 0. The topological polar surface area (TPSA) is 57.4 Å². The third-order valence-corrected chi connectivity index (χ3v) is 3.72. The first-order valence-corrected chi connectivity index (χ1v) is 7.23. The predicted molar refractivity (Wildman–Crippen MR) is 83.4 cm³/mol. The van der Waals surface area contributed by atoms with E-state index in [0.29, 0.717) is 29.7 Å². The first kappa shape index (κ1) is 14.7. The highest BCUT2D eigenvalue weighted by Crippen LogP contribution is 2.36. The molecule has 0 unspecified atom stereocenters. The van der Waals surface area contributed by atoms with Crippen LogP contribution in [0.1, 0.15) is 18.9 Å². The van der Waals surface area contributed by atoms with Crippen LogP contribution in [0.25, 0.3) is 0 Å². The maximum Gasteiger partial charge on any atom is 0.234 e. The van der Waals surface area contributed by atoms with E-state index in [4.69, 9.17) is 15.2 Å². The minimum atomic E-state index is 0.476. The molecular weight excluding hydrogens is 320 g/mol. The molecule has 0 saturated carbocycles. The number of ether oxygens (including phenoxy) is 2. The van der Waals surface area contributed by atoms with Crippen molar-refractivity contribution in [2.45, 2.75) is 20.3 Å². The van der Waals surface area contributed by atoms with E-state index in [2.05, 4.69) is 27.8 Å². The smallest absolute Gasteiger partial charge is 0.234 e. The number of hydrogen-bond acceptors (Lipinski definition) is 4. The number of nitrogen functional groups attached to an aromatic ring is 1. The van der Waals surface area contributed by atoms with Gasteiger partial charge >= 0.3 is 0 Å². The van der Waals surface area contributed by atoms with Gasteiger partial charge in [-0.15, -0.1) is 0 Å². The number of anilines is 1. The fourth-order valence-corrected chi connectivity index (χ4v) is 2.02. The second-order valence-electron chi connectivity index (χ2n) is 4.35. The lowest BCUT2D eigenvalue weighted by Gasteiger charge is -2.13. The quantitative estimate of drug-likeness (QED) is 0.883. The molecule has 0 saturated heterocycles. The summed E-state index contributed by atoms with van der Waals surface area (Å²) in [4.78, 5) is 4.21. The zero-order valence-electron chi connectivity index (χ0n) is 11.5. The summed E-state index contributed by atoms with van der Waals surface area (Å²) in [6, 6.07) is 7.54. The first-order chi connectivity index (χ1) is 9.63. The standard InChI is InChI=1S/C15H17BrN2O2/c1-3-8-19-12-6-4-5-7-13(12)20-15-14(16)10(2)11(17)9-18-15/h4-7,9H,3,8,17H2,1-2H3. The van der Waals surface area contributed by atoms with E-state index < -0.39 is 0 Å². The molecule has 0 aliphatic carbocycles. The van der Waals surface area contributed by atoms with Crippen molar-refractivity contribution in [3.05, 3.63) is 40.5 Å². The second kappa shape index (κ2) is 6.61. The molecule has 0 aliphatic heterocycles. The Hall–Kier alpha value is -1.75. The summed E-state index contributed by atoms with van der Waals surface area (Å²) in [7, 11) is 0. The van der Waals surface area contributed by atoms with Gasteiger partial charge < -0.3 is 15.2 Å². The number of halogens is 1. The van der Waals surface area contributed by atoms with Gasteiger partial charge in [0.05, 0.1) is 23.0 Å². The van der Waals surface area contributed by atoms with Crippen LogP contribution in [0.2, 0.25) is 0 Å². The van der Waals surface area contributed by atoms with Crippen molar-refractivity contribution in [3.8, 4) is 17.4 Å². The summed E-state index contributed by atoms with van der Waals surface area (Å²) in [6.45, 7) is 4.62. The van der Waals surface area contributed by atoms with Gasteiger partial charge in [-0.05, 0) is 47.0 Å². The normalized spacial score (nSPS) is 10.3. The molecule has 4 nitrogen and oxygen atoms in total. The van der Waals surface area contributed by atoms with E-state index in [1.54, 1.807) is 6.20 Å². The molecular formula is C15H17BrN2O2. The van der Waals surface area contributed by atoms with Gasteiger partial charge in [0.2, 0.25) is 5.88 Å². The van der Waals surface area contributed by atoms with Crippen molar-refractivity contribution < 1.29 is 9.47 Å². The van der Waals surface area contributed by atoms with Crippen LogP contribution in [-0.2, 0) is 0 Å². The molecule has 0 spiro atoms. The SMILES string of the molecule is CCCOc1ccccc1Oc1ncc(N)c(C)c1Br. The van der Waals surface area contributed by atoms with Crippen LogP contribution in [0.4, 0.5) is 5.69 Å². The molecule has 5 heteroatoms. The second-order valence-corrected chi connectivity index (χ2v) is 5.15. The van der Waals surface area contributed by atoms with Gasteiger partial charge in [0, 0.05) is 0 Å². The molecule has 0 fully saturated rings. The highest BCUT2D eigenvalue weighted by atomic mass is 79.9.